The lowest BCUT2D eigenvalue weighted by atomic mass is 10.1. The predicted octanol–water partition coefficient (Wildman–Crippen LogP) is 4.64. The molecule has 0 aliphatic heterocycles. The first-order valence-corrected chi connectivity index (χ1v) is 9.05. The first-order chi connectivity index (χ1) is 12.8. The summed E-state index contributed by atoms with van der Waals surface area (Å²) in [5.41, 5.74) is -0.760. The Morgan fingerprint density at radius 1 is 1.19 bits per heavy atom. The van der Waals surface area contributed by atoms with Crippen LogP contribution in [-0.2, 0) is 11.9 Å². The second-order valence-corrected chi connectivity index (χ2v) is 7.09. The Kier molecular flexibility index (Phi) is 5.46. The standard InChI is InChI=1S/C15H9BrF3N5O2S/c16-11-2-4-12(5-3-11)23-14(20-21-22-23)27-8-9-7-10(15(17,18)19)1-6-13(9)24(25)26/h1-7H,8H2. The van der Waals surface area contributed by atoms with Crippen molar-refractivity contribution in [3.8, 4) is 5.69 Å². The summed E-state index contributed by atoms with van der Waals surface area (Å²) in [6, 6.07) is 9.38. The number of benzene rings is 2. The zero-order valence-electron chi connectivity index (χ0n) is 13.2. The molecule has 0 saturated heterocycles. The highest BCUT2D eigenvalue weighted by Gasteiger charge is 2.32. The number of alkyl halides is 3. The number of thioether (sulfide) groups is 1. The van der Waals surface area contributed by atoms with Crippen LogP contribution in [0.4, 0.5) is 18.9 Å². The van der Waals surface area contributed by atoms with Crippen molar-refractivity contribution in [3.05, 3.63) is 68.2 Å². The molecule has 0 unspecified atom stereocenters. The van der Waals surface area contributed by atoms with Crippen LogP contribution in [0.5, 0.6) is 0 Å². The quantitative estimate of drug-likeness (QED) is 0.313. The average molecular weight is 460 g/mol. The molecule has 0 aliphatic carbocycles. The third kappa shape index (κ3) is 4.45. The lowest BCUT2D eigenvalue weighted by Gasteiger charge is -2.09. The van der Waals surface area contributed by atoms with Gasteiger partial charge in [-0.2, -0.15) is 17.9 Å². The molecular formula is C15H9BrF3N5O2S. The van der Waals surface area contributed by atoms with Gasteiger partial charge >= 0.3 is 6.18 Å². The zero-order valence-corrected chi connectivity index (χ0v) is 15.6. The fourth-order valence-corrected chi connectivity index (χ4v) is 3.35. The van der Waals surface area contributed by atoms with E-state index in [4.69, 9.17) is 0 Å². The molecule has 0 radical (unpaired) electrons. The van der Waals surface area contributed by atoms with Gasteiger partial charge in [-0.05, 0) is 46.8 Å². The topological polar surface area (TPSA) is 86.7 Å². The van der Waals surface area contributed by atoms with E-state index in [1.807, 2.05) is 0 Å². The molecule has 0 amide bonds. The lowest BCUT2D eigenvalue weighted by Crippen LogP contribution is -2.07. The second kappa shape index (κ2) is 7.64. The Balaban J connectivity index is 1.88. The summed E-state index contributed by atoms with van der Waals surface area (Å²) in [6.45, 7) is 0. The van der Waals surface area contributed by atoms with Crippen LogP contribution in [0.2, 0.25) is 0 Å². The van der Waals surface area contributed by atoms with Crippen molar-refractivity contribution < 1.29 is 18.1 Å². The van der Waals surface area contributed by atoms with Crippen molar-refractivity contribution in [1.29, 1.82) is 0 Å². The van der Waals surface area contributed by atoms with Gasteiger partial charge in [-0.15, -0.1) is 5.10 Å². The number of nitro groups is 1. The van der Waals surface area contributed by atoms with Crippen LogP contribution < -0.4 is 0 Å². The maximum absolute atomic E-state index is 12.9. The number of hydrogen-bond acceptors (Lipinski definition) is 6. The molecule has 0 saturated carbocycles. The van der Waals surface area contributed by atoms with Gasteiger partial charge in [0.1, 0.15) is 0 Å². The van der Waals surface area contributed by atoms with Gasteiger partial charge in [0.2, 0.25) is 5.16 Å². The Hall–Kier alpha value is -2.47. The number of tetrazole rings is 1. The van der Waals surface area contributed by atoms with Crippen LogP contribution in [0.15, 0.2) is 52.1 Å². The first-order valence-electron chi connectivity index (χ1n) is 7.27. The minimum atomic E-state index is -4.59. The average Bonchev–Trinajstić information content (AvgIpc) is 3.08. The molecule has 3 aromatic rings. The molecule has 0 spiro atoms. The number of nitrogens with zero attached hydrogens (tertiary/aromatic N) is 5. The summed E-state index contributed by atoms with van der Waals surface area (Å²) in [5, 5.41) is 22.7. The summed E-state index contributed by atoms with van der Waals surface area (Å²) in [5.74, 6) is -0.100. The van der Waals surface area contributed by atoms with Gasteiger partial charge in [0, 0.05) is 21.9 Å². The van der Waals surface area contributed by atoms with E-state index in [0.29, 0.717) is 16.9 Å². The van der Waals surface area contributed by atoms with Crippen LogP contribution in [0.25, 0.3) is 5.69 Å². The van der Waals surface area contributed by atoms with E-state index >= 15 is 0 Å². The van der Waals surface area contributed by atoms with Crippen molar-refractivity contribution in [2.45, 2.75) is 17.1 Å². The molecule has 27 heavy (non-hydrogen) atoms. The van der Waals surface area contributed by atoms with E-state index in [1.54, 1.807) is 24.3 Å². The van der Waals surface area contributed by atoms with Crippen molar-refractivity contribution in [3.63, 3.8) is 0 Å². The molecule has 0 bridgehead atoms. The van der Waals surface area contributed by atoms with Gasteiger partial charge in [0.05, 0.1) is 16.2 Å². The minimum Gasteiger partial charge on any atom is -0.258 e. The van der Waals surface area contributed by atoms with Crippen LogP contribution in [0.3, 0.4) is 0 Å². The molecular weight excluding hydrogens is 451 g/mol. The molecule has 3 rings (SSSR count). The maximum Gasteiger partial charge on any atom is 0.416 e. The predicted molar refractivity (Wildman–Crippen MR) is 94.5 cm³/mol. The smallest absolute Gasteiger partial charge is 0.258 e. The highest BCUT2D eigenvalue weighted by molar-refractivity contribution is 9.10. The molecule has 0 N–H and O–H groups in total. The third-order valence-electron chi connectivity index (χ3n) is 3.47. The Bertz CT molecular complexity index is 978. The Morgan fingerprint density at radius 2 is 1.89 bits per heavy atom. The van der Waals surface area contributed by atoms with E-state index in [0.717, 1.165) is 28.4 Å². The summed E-state index contributed by atoms with van der Waals surface area (Å²) >= 11 is 4.31. The normalized spacial score (nSPS) is 11.6. The van der Waals surface area contributed by atoms with Crippen molar-refractivity contribution >= 4 is 33.4 Å². The molecule has 0 atom stereocenters. The molecule has 7 nitrogen and oxygen atoms in total. The van der Waals surface area contributed by atoms with Gasteiger partial charge in [0.25, 0.3) is 5.69 Å². The SMILES string of the molecule is O=[N+]([O-])c1ccc(C(F)(F)F)cc1CSc1nnnn1-c1ccc(Br)cc1. The van der Waals surface area contributed by atoms with Crippen LogP contribution in [0, 0.1) is 10.1 Å². The van der Waals surface area contributed by atoms with E-state index in [9.17, 15) is 23.3 Å². The van der Waals surface area contributed by atoms with Gasteiger partial charge in [-0.3, -0.25) is 10.1 Å². The number of halogens is 4. The minimum absolute atomic E-state index is 0.0646. The number of aromatic nitrogens is 4. The molecule has 1 aromatic heterocycles. The number of rotatable bonds is 5. The van der Waals surface area contributed by atoms with Gasteiger partial charge in [0.15, 0.2) is 0 Å². The van der Waals surface area contributed by atoms with Gasteiger partial charge < -0.3 is 0 Å². The van der Waals surface area contributed by atoms with Crippen LogP contribution in [0.1, 0.15) is 11.1 Å². The monoisotopic (exact) mass is 459 g/mol. The summed E-state index contributed by atoms with van der Waals surface area (Å²) < 4.78 is 41.0. The Labute approximate surface area is 162 Å². The highest BCUT2D eigenvalue weighted by atomic mass is 79.9. The van der Waals surface area contributed by atoms with Crippen molar-refractivity contribution in [1.82, 2.24) is 20.2 Å². The van der Waals surface area contributed by atoms with E-state index in [2.05, 4.69) is 31.5 Å². The largest absolute Gasteiger partial charge is 0.416 e. The molecule has 0 fully saturated rings. The highest BCUT2D eigenvalue weighted by Crippen LogP contribution is 2.35. The summed E-state index contributed by atoms with van der Waals surface area (Å²) in [4.78, 5) is 10.4. The van der Waals surface area contributed by atoms with Gasteiger partial charge in [-0.1, -0.05) is 27.7 Å². The van der Waals surface area contributed by atoms with Crippen molar-refractivity contribution in [2.24, 2.45) is 0 Å². The fourth-order valence-electron chi connectivity index (χ4n) is 2.21. The summed E-state index contributed by atoms with van der Waals surface area (Å²) in [6.07, 6.45) is -4.59. The summed E-state index contributed by atoms with van der Waals surface area (Å²) in [7, 11) is 0. The zero-order chi connectivity index (χ0) is 19.6. The molecule has 0 aliphatic rings. The number of nitro benzene ring substituents is 1. The van der Waals surface area contributed by atoms with Crippen molar-refractivity contribution in [2.75, 3.05) is 0 Å². The number of hydrogen-bond donors (Lipinski definition) is 0. The molecule has 12 heteroatoms. The van der Waals surface area contributed by atoms with Gasteiger partial charge in [-0.25, -0.2) is 0 Å². The van der Waals surface area contributed by atoms with Crippen LogP contribution >= 0.6 is 27.7 Å². The maximum atomic E-state index is 12.9. The Morgan fingerprint density at radius 3 is 2.52 bits per heavy atom. The van der Waals surface area contributed by atoms with E-state index < -0.39 is 22.4 Å². The third-order valence-corrected chi connectivity index (χ3v) is 4.97. The molecule has 2 aromatic carbocycles. The fraction of sp³-hybridized carbons (Fsp3) is 0.133. The van der Waals surface area contributed by atoms with E-state index in [-0.39, 0.29) is 11.3 Å². The molecule has 1 heterocycles. The second-order valence-electron chi connectivity index (χ2n) is 5.24. The lowest BCUT2D eigenvalue weighted by molar-refractivity contribution is -0.385. The molecule has 140 valence electrons. The first kappa shape index (κ1) is 19.3. The van der Waals surface area contributed by atoms with Crippen LogP contribution in [-0.4, -0.2) is 25.1 Å². The van der Waals surface area contributed by atoms with E-state index in [1.165, 1.54) is 4.68 Å².